The van der Waals surface area contributed by atoms with Crippen molar-refractivity contribution in [1.82, 2.24) is 4.98 Å². The van der Waals surface area contributed by atoms with Crippen molar-refractivity contribution in [2.24, 2.45) is 5.73 Å². The highest BCUT2D eigenvalue weighted by Gasteiger charge is 2.08. The number of amides is 1. The fourth-order valence-corrected chi connectivity index (χ4v) is 1.62. The summed E-state index contributed by atoms with van der Waals surface area (Å²) in [6.07, 6.45) is 0. The maximum absolute atomic E-state index is 13.1. The van der Waals surface area contributed by atoms with Crippen LogP contribution in [0.3, 0.4) is 0 Å². The number of aromatic amines is 1. The Labute approximate surface area is 87.2 Å². The highest BCUT2D eigenvalue weighted by molar-refractivity contribution is 9.10. The molecule has 14 heavy (non-hydrogen) atoms. The Morgan fingerprint density at radius 3 is 2.79 bits per heavy atom. The van der Waals surface area contributed by atoms with E-state index >= 15 is 0 Å². The molecule has 1 heterocycles. The van der Waals surface area contributed by atoms with E-state index in [1.165, 1.54) is 6.07 Å². The lowest BCUT2D eigenvalue weighted by Crippen LogP contribution is -2.10. The van der Waals surface area contributed by atoms with E-state index < -0.39 is 5.91 Å². The first-order valence-electron chi connectivity index (χ1n) is 3.85. The summed E-state index contributed by atoms with van der Waals surface area (Å²) < 4.78 is 13.4. The van der Waals surface area contributed by atoms with E-state index in [1.54, 1.807) is 12.1 Å². The van der Waals surface area contributed by atoms with Crippen molar-refractivity contribution in [3.05, 3.63) is 34.2 Å². The van der Waals surface area contributed by atoms with Gasteiger partial charge in [0.2, 0.25) is 0 Å². The van der Waals surface area contributed by atoms with Crippen molar-refractivity contribution < 1.29 is 9.18 Å². The highest BCUT2D eigenvalue weighted by atomic mass is 79.9. The largest absolute Gasteiger partial charge is 0.364 e. The molecule has 0 atom stereocenters. The summed E-state index contributed by atoms with van der Waals surface area (Å²) in [6.45, 7) is 0. The van der Waals surface area contributed by atoms with E-state index in [0.717, 1.165) is 5.39 Å². The molecule has 1 amide bonds. The number of hydrogen-bond donors (Lipinski definition) is 2. The molecule has 3 nitrogen and oxygen atoms in total. The maximum Gasteiger partial charge on any atom is 0.265 e. The van der Waals surface area contributed by atoms with E-state index in [0.29, 0.717) is 9.99 Å². The van der Waals surface area contributed by atoms with Crippen LogP contribution in [0.4, 0.5) is 4.39 Å². The molecule has 0 saturated heterocycles. The van der Waals surface area contributed by atoms with Gasteiger partial charge in [-0.15, -0.1) is 0 Å². The monoisotopic (exact) mass is 256 g/mol. The maximum atomic E-state index is 13.1. The number of carbonyl (C=O) groups excluding carboxylic acids is 1. The van der Waals surface area contributed by atoms with Gasteiger partial charge in [0, 0.05) is 10.9 Å². The van der Waals surface area contributed by atoms with Crippen molar-refractivity contribution in [3.8, 4) is 0 Å². The van der Waals surface area contributed by atoms with E-state index in [2.05, 4.69) is 20.9 Å². The molecule has 0 bridgehead atoms. The average molecular weight is 257 g/mol. The van der Waals surface area contributed by atoms with Crippen LogP contribution in [-0.2, 0) is 0 Å². The molecule has 3 N–H and O–H groups in total. The molecule has 72 valence electrons. The topological polar surface area (TPSA) is 58.9 Å². The van der Waals surface area contributed by atoms with Crippen molar-refractivity contribution in [2.45, 2.75) is 0 Å². The fraction of sp³-hybridized carbons (Fsp3) is 0. The molecular weight excluding hydrogens is 251 g/mol. The molecule has 2 rings (SSSR count). The highest BCUT2D eigenvalue weighted by Crippen LogP contribution is 2.23. The number of nitrogens with two attached hydrogens (primary N) is 1. The third-order valence-corrected chi connectivity index (χ3v) is 2.53. The van der Waals surface area contributed by atoms with Crippen LogP contribution in [0.25, 0.3) is 10.9 Å². The van der Waals surface area contributed by atoms with Gasteiger partial charge in [-0.25, -0.2) is 4.39 Å². The van der Waals surface area contributed by atoms with Crippen LogP contribution < -0.4 is 5.73 Å². The van der Waals surface area contributed by atoms with Crippen LogP contribution in [0.15, 0.2) is 22.7 Å². The number of H-pyrrole nitrogens is 1. The molecule has 0 aliphatic rings. The van der Waals surface area contributed by atoms with Gasteiger partial charge in [0.05, 0.1) is 4.47 Å². The summed E-state index contributed by atoms with van der Waals surface area (Å²) in [5.74, 6) is -0.937. The van der Waals surface area contributed by atoms with Gasteiger partial charge in [-0.1, -0.05) is 0 Å². The molecule has 5 heteroatoms. The zero-order chi connectivity index (χ0) is 10.3. The quantitative estimate of drug-likeness (QED) is 0.808. The van der Waals surface area contributed by atoms with Gasteiger partial charge in [0.1, 0.15) is 11.5 Å². The molecule has 0 fully saturated rings. The Kier molecular flexibility index (Phi) is 2.03. The number of fused-ring (bicyclic) bond motifs is 1. The van der Waals surface area contributed by atoms with Crippen molar-refractivity contribution in [3.63, 3.8) is 0 Å². The number of rotatable bonds is 1. The Hall–Kier alpha value is -1.36. The lowest BCUT2D eigenvalue weighted by atomic mass is 10.2. The van der Waals surface area contributed by atoms with Crippen molar-refractivity contribution in [2.75, 3.05) is 0 Å². The van der Waals surface area contributed by atoms with Crippen molar-refractivity contribution >= 4 is 32.7 Å². The van der Waals surface area contributed by atoms with E-state index in [1.807, 2.05) is 0 Å². The summed E-state index contributed by atoms with van der Waals surface area (Å²) >= 11 is 3.06. The summed E-state index contributed by atoms with van der Waals surface area (Å²) in [6, 6.07) is 4.49. The van der Waals surface area contributed by atoms with E-state index in [9.17, 15) is 9.18 Å². The molecule has 0 radical (unpaired) electrons. The van der Waals surface area contributed by atoms with Gasteiger partial charge >= 0.3 is 0 Å². The standard InChI is InChI=1S/C9H6BrFN2O/c10-5-1-4-2-8(9(12)14)13-7(4)3-6(5)11/h1-3,13H,(H2,12,14). The van der Waals surface area contributed by atoms with Crippen LogP contribution >= 0.6 is 15.9 Å². The van der Waals surface area contributed by atoms with Crippen molar-refractivity contribution in [1.29, 1.82) is 0 Å². The lowest BCUT2D eigenvalue weighted by molar-refractivity contribution is 0.0996. The van der Waals surface area contributed by atoms with E-state index in [4.69, 9.17) is 5.73 Å². The number of halogens is 2. The molecule has 0 saturated carbocycles. The minimum absolute atomic E-state index is 0.275. The summed E-state index contributed by atoms with van der Waals surface area (Å²) in [5, 5.41) is 0.743. The minimum atomic E-state index is -0.558. The SMILES string of the molecule is NC(=O)c1cc2cc(Br)c(F)cc2[nH]1. The molecule has 0 unspecified atom stereocenters. The van der Waals surface area contributed by atoms with Gasteiger partial charge in [0.25, 0.3) is 5.91 Å². The molecular formula is C9H6BrFN2O. The third-order valence-electron chi connectivity index (χ3n) is 1.93. The predicted octanol–water partition coefficient (Wildman–Crippen LogP) is 2.17. The zero-order valence-electron chi connectivity index (χ0n) is 6.97. The number of primary amides is 1. The van der Waals surface area contributed by atoms with Crippen LogP contribution in [0.2, 0.25) is 0 Å². The third kappa shape index (κ3) is 1.39. The second-order valence-corrected chi connectivity index (χ2v) is 3.76. The van der Waals surface area contributed by atoms with E-state index in [-0.39, 0.29) is 11.5 Å². The molecule has 0 spiro atoms. The smallest absolute Gasteiger partial charge is 0.265 e. The van der Waals surface area contributed by atoms with Gasteiger partial charge in [-0.2, -0.15) is 0 Å². The molecule has 1 aromatic heterocycles. The Morgan fingerprint density at radius 2 is 2.14 bits per heavy atom. The number of aromatic nitrogens is 1. The fourth-order valence-electron chi connectivity index (χ4n) is 1.26. The average Bonchev–Trinajstić information content (AvgIpc) is 2.48. The normalized spacial score (nSPS) is 10.7. The molecule has 1 aromatic carbocycles. The second-order valence-electron chi connectivity index (χ2n) is 2.90. The minimum Gasteiger partial charge on any atom is -0.364 e. The summed E-state index contributed by atoms with van der Waals surface area (Å²) in [5.41, 5.74) is 5.91. The second kappa shape index (κ2) is 3.09. The predicted molar refractivity (Wildman–Crippen MR) is 54.5 cm³/mol. The summed E-state index contributed by atoms with van der Waals surface area (Å²) in [7, 11) is 0. The van der Waals surface area contributed by atoms with Gasteiger partial charge in [0.15, 0.2) is 0 Å². The summed E-state index contributed by atoms with van der Waals surface area (Å²) in [4.78, 5) is 13.6. The number of benzene rings is 1. The Bertz CT molecular complexity index is 482. The van der Waals surface area contributed by atoms with Crippen LogP contribution in [-0.4, -0.2) is 10.9 Å². The first-order chi connectivity index (χ1) is 6.58. The first kappa shape index (κ1) is 9.21. The number of carbonyl (C=O) groups is 1. The molecule has 2 aromatic rings. The molecule has 0 aliphatic carbocycles. The van der Waals surface area contributed by atoms with Gasteiger partial charge < -0.3 is 10.7 Å². The first-order valence-corrected chi connectivity index (χ1v) is 4.65. The van der Waals surface area contributed by atoms with Gasteiger partial charge in [-0.3, -0.25) is 4.79 Å². The van der Waals surface area contributed by atoms with Gasteiger partial charge in [-0.05, 0) is 34.1 Å². The number of hydrogen-bond acceptors (Lipinski definition) is 1. The Morgan fingerprint density at radius 1 is 1.43 bits per heavy atom. The number of nitrogens with one attached hydrogen (secondary N) is 1. The molecule has 0 aliphatic heterocycles. The van der Waals surface area contributed by atoms with Crippen LogP contribution in [0.5, 0.6) is 0 Å². The Balaban J connectivity index is 2.72. The zero-order valence-corrected chi connectivity index (χ0v) is 8.56. The van der Waals surface area contributed by atoms with Crippen LogP contribution in [0, 0.1) is 5.82 Å². The lowest BCUT2D eigenvalue weighted by Gasteiger charge is -1.93. The van der Waals surface area contributed by atoms with Crippen LogP contribution in [0.1, 0.15) is 10.5 Å².